The van der Waals surface area contributed by atoms with Gasteiger partial charge in [-0.15, -0.1) is 0 Å². The number of fused-ring (bicyclic) bond motifs is 9. The summed E-state index contributed by atoms with van der Waals surface area (Å²) in [5.74, 6) is -2.99. The van der Waals surface area contributed by atoms with Crippen LogP contribution in [0.25, 0.3) is 21.8 Å². The van der Waals surface area contributed by atoms with Gasteiger partial charge in [0.05, 0.1) is 22.7 Å². The van der Waals surface area contributed by atoms with Crippen molar-refractivity contribution in [2.45, 2.75) is 139 Å². The molecule has 1 saturated heterocycles. The molecule has 1 aromatic heterocycles. The largest absolute Gasteiger partial charge is 0.471 e. The van der Waals surface area contributed by atoms with Gasteiger partial charge >= 0.3 is 6.09 Å². The maximum Gasteiger partial charge on any atom is 0.408 e. The first-order valence-electron chi connectivity index (χ1n) is 21.7. The molecule has 0 unspecified atom stereocenters. The number of nitrogens with one attached hydrogen (secondary N) is 3. The first-order chi connectivity index (χ1) is 28.9. The number of hydrogen-bond donors (Lipinski definition) is 3. The van der Waals surface area contributed by atoms with Crippen molar-refractivity contribution in [3.05, 3.63) is 42.1 Å². The number of hydrogen-bond acceptors (Lipinski definition) is 10. The highest BCUT2D eigenvalue weighted by Crippen LogP contribution is 2.58. The predicted molar refractivity (Wildman–Crippen MR) is 220 cm³/mol. The fourth-order valence-electron chi connectivity index (χ4n) is 10.0. The van der Waals surface area contributed by atoms with Gasteiger partial charge in [0, 0.05) is 11.8 Å². The summed E-state index contributed by atoms with van der Waals surface area (Å²) >= 11 is 0. The van der Waals surface area contributed by atoms with E-state index in [1.54, 1.807) is 20.8 Å². The number of ether oxygens (including phenoxy) is 2. The molecule has 2 bridgehead atoms. The van der Waals surface area contributed by atoms with Crippen LogP contribution in [0.15, 0.2) is 36.4 Å². The Labute approximate surface area is 353 Å². The van der Waals surface area contributed by atoms with Crippen molar-refractivity contribution < 1.29 is 45.9 Å². The Balaban J connectivity index is 1.07. The van der Waals surface area contributed by atoms with Crippen LogP contribution in [0.3, 0.4) is 0 Å². The summed E-state index contributed by atoms with van der Waals surface area (Å²) in [6.07, 6.45) is 0.996. The highest BCUT2D eigenvalue weighted by Gasteiger charge is 2.67. The Kier molecular flexibility index (Phi) is 10.3. The van der Waals surface area contributed by atoms with E-state index in [4.69, 9.17) is 19.4 Å². The lowest BCUT2D eigenvalue weighted by molar-refractivity contribution is -0.143. The Morgan fingerprint density at radius 1 is 0.984 bits per heavy atom. The minimum Gasteiger partial charge on any atom is -0.471 e. The molecule has 2 aromatic carbocycles. The second-order valence-electron chi connectivity index (χ2n) is 19.6. The summed E-state index contributed by atoms with van der Waals surface area (Å²) in [4.78, 5) is 68.0. The molecule has 3 aromatic rings. The van der Waals surface area contributed by atoms with Crippen LogP contribution in [0.1, 0.15) is 97.6 Å². The van der Waals surface area contributed by atoms with Gasteiger partial charge in [-0.2, -0.15) is 0 Å². The molecule has 17 heteroatoms. The zero-order valence-corrected chi connectivity index (χ0v) is 35.7. The number of benzene rings is 2. The van der Waals surface area contributed by atoms with Crippen LogP contribution in [-0.2, 0) is 35.6 Å². The lowest BCUT2D eigenvalue weighted by Crippen LogP contribution is -2.60. The van der Waals surface area contributed by atoms with Crippen molar-refractivity contribution in [2.75, 3.05) is 6.54 Å². The number of rotatable bonds is 6. The van der Waals surface area contributed by atoms with Crippen molar-refractivity contribution in [2.24, 2.45) is 29.1 Å². The quantitative estimate of drug-likeness (QED) is 0.266. The summed E-state index contributed by atoms with van der Waals surface area (Å²) in [7, 11) is -4.23. The normalized spacial score (nSPS) is 32.3. The van der Waals surface area contributed by atoms with E-state index >= 15 is 0 Å². The zero-order chi connectivity index (χ0) is 43.2. The molecule has 9 atom stereocenters. The first-order valence-corrected chi connectivity index (χ1v) is 23.2. The number of carbonyl (C=O) groups is 4. The first kappa shape index (κ1) is 41.7. The van der Waals surface area contributed by atoms with Gasteiger partial charge in [0.25, 0.3) is 5.91 Å². The number of alkyl carbamates (subject to hydrolysis) is 1. The SMILES string of the molecule is CC(C)(C)[C@@H]1NC(=O)O[C@@H]2C[C@@H]3C[C@@H]3[C@H]2CCCCCc2nc3ccc4ccccc4c3nc2O[C@@H]2C[C@@H](C(=O)N[C@]3(C(=O)NS(=O)(=O)C4(C)CC4)C[C@H]3C(F)F)N(C2)C1=O. The van der Waals surface area contributed by atoms with Gasteiger partial charge in [-0.1, -0.05) is 63.9 Å². The minimum absolute atomic E-state index is 0.131. The Bertz CT molecular complexity index is 2410. The molecule has 0 spiro atoms. The summed E-state index contributed by atoms with van der Waals surface area (Å²) in [6.45, 7) is 6.61. The second-order valence-corrected chi connectivity index (χ2v) is 21.8. The topological polar surface area (TPSA) is 186 Å². The number of nitrogens with zero attached hydrogens (tertiary/aromatic N) is 3. The van der Waals surface area contributed by atoms with Gasteiger partial charge in [0.15, 0.2) is 0 Å². The van der Waals surface area contributed by atoms with Gasteiger partial charge in [-0.25, -0.2) is 32.0 Å². The van der Waals surface area contributed by atoms with E-state index in [-0.39, 0.29) is 30.9 Å². The van der Waals surface area contributed by atoms with Crippen LogP contribution in [0.5, 0.6) is 5.88 Å². The maximum atomic E-state index is 14.9. The predicted octanol–water partition coefficient (Wildman–Crippen LogP) is 5.55. The lowest BCUT2D eigenvalue weighted by atomic mass is 9.85. The highest BCUT2D eigenvalue weighted by molar-refractivity contribution is 7.91. The van der Waals surface area contributed by atoms with Crippen LogP contribution in [0, 0.1) is 29.1 Å². The van der Waals surface area contributed by atoms with Crippen molar-refractivity contribution in [1.82, 2.24) is 30.2 Å². The van der Waals surface area contributed by atoms with E-state index < -0.39 is 86.5 Å². The number of aromatic nitrogens is 2. The summed E-state index contributed by atoms with van der Waals surface area (Å²) in [5, 5.41) is 7.14. The summed E-state index contributed by atoms with van der Waals surface area (Å²) in [5.41, 5.74) is -1.19. The number of alkyl halides is 2. The molecule has 14 nitrogen and oxygen atoms in total. The maximum absolute atomic E-state index is 14.9. The Hall–Kier alpha value is -4.67. The van der Waals surface area contributed by atoms with E-state index in [0.717, 1.165) is 49.3 Å². The van der Waals surface area contributed by atoms with Gasteiger partial charge in [-0.05, 0) is 92.9 Å². The fourth-order valence-corrected chi connectivity index (χ4v) is 11.4. The Morgan fingerprint density at radius 2 is 1.75 bits per heavy atom. The van der Waals surface area contributed by atoms with Crippen molar-refractivity contribution >= 4 is 55.6 Å². The molecule has 4 saturated carbocycles. The second kappa shape index (κ2) is 15.0. The van der Waals surface area contributed by atoms with E-state index in [9.17, 15) is 36.4 Å². The van der Waals surface area contributed by atoms with Crippen LogP contribution in [0.4, 0.5) is 13.6 Å². The number of carbonyl (C=O) groups excluding carboxylic acids is 4. The smallest absolute Gasteiger partial charge is 0.408 e. The fraction of sp³-hybridized carbons (Fsp3) is 0.636. The Morgan fingerprint density at radius 3 is 2.48 bits per heavy atom. The number of amides is 4. The van der Waals surface area contributed by atoms with Crippen molar-refractivity contribution in [1.29, 1.82) is 0 Å². The monoisotopic (exact) mass is 864 g/mol. The van der Waals surface area contributed by atoms with E-state index in [0.29, 0.717) is 47.8 Å². The average molecular weight is 865 g/mol. The number of aryl methyl sites for hydroxylation is 1. The molecule has 4 aliphatic carbocycles. The molecule has 3 N–H and O–H groups in total. The van der Waals surface area contributed by atoms with Crippen LogP contribution < -0.4 is 20.1 Å². The molecule has 5 fully saturated rings. The standard InChI is InChI=1S/C44H54F2N6O8S/c1-42(2,3)35-39(54)52-22-25(20-32(52)37(53)50-44(21-29(44)36(45)46)40(55)51-61(57,58)43(4)16-17-43)59-38-31(47-30-15-14-23-10-8-9-11-26(23)34(30)48-38)13-7-5-6-12-27-28-18-24(28)19-33(27)60-41(56)49-35/h8-11,14-15,24-25,27-29,32-33,35-36H,5-7,12-13,16-22H2,1-4H3,(H,49,56)(H,50,53)(H,51,55)/t24-,25+,27+,28-,29-,32-,33+,35+,44+/m0/s1. The summed E-state index contributed by atoms with van der Waals surface area (Å²) < 4.78 is 68.3. The number of halogens is 2. The minimum atomic E-state index is -4.23. The summed E-state index contributed by atoms with van der Waals surface area (Å²) in [6, 6.07) is 9.13. The van der Waals surface area contributed by atoms with E-state index in [2.05, 4.69) is 10.6 Å². The average Bonchev–Trinajstić information content (AvgIpc) is 4.16. The van der Waals surface area contributed by atoms with Crippen molar-refractivity contribution in [3.8, 4) is 5.88 Å². The van der Waals surface area contributed by atoms with Crippen LogP contribution in [-0.4, -0.2) is 94.6 Å². The van der Waals surface area contributed by atoms with Crippen molar-refractivity contribution in [3.63, 3.8) is 0 Å². The third-order valence-corrected chi connectivity index (χ3v) is 16.4. The molecule has 0 radical (unpaired) electrons. The molecule has 328 valence electrons. The molecule has 6 aliphatic rings. The molecular formula is C44H54F2N6O8S. The van der Waals surface area contributed by atoms with E-state index in [1.165, 1.54) is 11.8 Å². The van der Waals surface area contributed by atoms with Crippen LogP contribution >= 0.6 is 0 Å². The molecule has 4 amide bonds. The van der Waals surface area contributed by atoms with Gasteiger partial charge in [-0.3, -0.25) is 19.1 Å². The third kappa shape index (κ3) is 7.77. The highest BCUT2D eigenvalue weighted by atomic mass is 32.2. The molecule has 61 heavy (non-hydrogen) atoms. The number of sulfonamides is 1. The van der Waals surface area contributed by atoms with Gasteiger partial charge in [0.1, 0.15) is 41.0 Å². The molecule has 9 rings (SSSR count). The van der Waals surface area contributed by atoms with Crippen LogP contribution in [0.2, 0.25) is 0 Å². The van der Waals surface area contributed by atoms with Gasteiger partial charge in [0.2, 0.25) is 34.1 Å². The molecule has 2 aliphatic heterocycles. The lowest BCUT2D eigenvalue weighted by Gasteiger charge is -2.36. The molecular weight excluding hydrogens is 811 g/mol. The molecule has 3 heterocycles. The van der Waals surface area contributed by atoms with Gasteiger partial charge < -0.3 is 25.0 Å². The third-order valence-electron chi connectivity index (χ3n) is 14.2. The van der Waals surface area contributed by atoms with E-state index in [1.807, 2.05) is 41.1 Å². The zero-order valence-electron chi connectivity index (χ0n) is 34.9.